The van der Waals surface area contributed by atoms with Crippen LogP contribution in [0.5, 0.6) is 0 Å². The van der Waals surface area contributed by atoms with Crippen molar-refractivity contribution in [3.8, 4) is 0 Å². The minimum absolute atomic E-state index is 0. The number of nitrogens with zero attached hydrogens (tertiary/aromatic N) is 1. The molecule has 20 heavy (non-hydrogen) atoms. The Morgan fingerprint density at radius 3 is 2.25 bits per heavy atom. The lowest BCUT2D eigenvalue weighted by Crippen LogP contribution is -2.59. The molecule has 0 aromatic heterocycles. The van der Waals surface area contributed by atoms with Crippen LogP contribution in [0.2, 0.25) is 0 Å². The van der Waals surface area contributed by atoms with Crippen LogP contribution in [0.4, 0.5) is 0 Å². The van der Waals surface area contributed by atoms with E-state index in [2.05, 4.69) is 10.2 Å². The largest absolute Gasteiger partial charge is 0.353 e. The highest BCUT2D eigenvalue weighted by Gasteiger charge is 2.38. The molecule has 2 aliphatic rings. The third kappa shape index (κ3) is 4.34. The Balaban J connectivity index is 0.00000200. The Morgan fingerprint density at radius 1 is 1.15 bits per heavy atom. The molecule has 1 aliphatic carbocycles. The maximum absolute atomic E-state index is 11.8. The number of halogens is 1. The van der Waals surface area contributed by atoms with E-state index >= 15 is 0 Å². The molecule has 0 unspecified atom stereocenters. The first-order valence-corrected chi connectivity index (χ1v) is 7.92. The summed E-state index contributed by atoms with van der Waals surface area (Å²) in [4.78, 5) is 14.4. The Morgan fingerprint density at radius 2 is 1.70 bits per heavy atom. The highest BCUT2D eigenvalue weighted by Crippen LogP contribution is 2.35. The Hall–Kier alpha value is -0.320. The van der Waals surface area contributed by atoms with Gasteiger partial charge < -0.3 is 11.1 Å². The molecule has 5 heteroatoms. The third-order valence-electron chi connectivity index (χ3n) is 4.82. The molecule has 1 aliphatic heterocycles. The molecular weight excluding hydrogens is 274 g/mol. The molecule has 4 nitrogen and oxygen atoms in total. The van der Waals surface area contributed by atoms with Crippen LogP contribution in [0, 0.1) is 0 Å². The van der Waals surface area contributed by atoms with Crippen LogP contribution in [0.1, 0.15) is 58.3 Å². The zero-order valence-corrected chi connectivity index (χ0v) is 13.5. The van der Waals surface area contributed by atoms with Gasteiger partial charge in [-0.2, -0.15) is 0 Å². The van der Waals surface area contributed by atoms with E-state index in [1.165, 1.54) is 64.5 Å². The summed E-state index contributed by atoms with van der Waals surface area (Å²) in [5.41, 5.74) is 5.86. The topological polar surface area (TPSA) is 58.4 Å². The SMILES string of the molecule is C[C@@H](N)C(=O)NCC1(N2CCCCC2)CCCCC1.Cl. The second-order valence-electron chi connectivity index (χ2n) is 6.34. The van der Waals surface area contributed by atoms with Gasteiger partial charge in [0.1, 0.15) is 0 Å². The van der Waals surface area contributed by atoms with Gasteiger partial charge in [-0.3, -0.25) is 9.69 Å². The van der Waals surface area contributed by atoms with Crippen LogP contribution in [-0.4, -0.2) is 42.0 Å². The van der Waals surface area contributed by atoms with Crippen molar-refractivity contribution in [2.75, 3.05) is 19.6 Å². The van der Waals surface area contributed by atoms with Crippen molar-refractivity contribution in [3.05, 3.63) is 0 Å². The summed E-state index contributed by atoms with van der Waals surface area (Å²) in [5, 5.41) is 3.08. The monoisotopic (exact) mass is 303 g/mol. The quantitative estimate of drug-likeness (QED) is 0.836. The van der Waals surface area contributed by atoms with Gasteiger partial charge in [0.2, 0.25) is 5.91 Å². The number of carbonyl (C=O) groups excluding carboxylic acids is 1. The van der Waals surface area contributed by atoms with Crippen molar-refractivity contribution < 1.29 is 4.79 Å². The van der Waals surface area contributed by atoms with Gasteiger partial charge in [0, 0.05) is 12.1 Å². The van der Waals surface area contributed by atoms with E-state index in [0.717, 1.165) is 6.54 Å². The number of hydrogen-bond donors (Lipinski definition) is 2. The number of rotatable bonds is 4. The molecule has 0 radical (unpaired) electrons. The van der Waals surface area contributed by atoms with Gasteiger partial charge in [-0.1, -0.05) is 25.7 Å². The minimum atomic E-state index is -0.401. The summed E-state index contributed by atoms with van der Waals surface area (Å²) in [5.74, 6) is -0.0121. The number of hydrogen-bond acceptors (Lipinski definition) is 3. The number of amides is 1. The zero-order valence-electron chi connectivity index (χ0n) is 12.7. The smallest absolute Gasteiger partial charge is 0.236 e. The van der Waals surface area contributed by atoms with E-state index in [0.29, 0.717) is 0 Å². The van der Waals surface area contributed by atoms with E-state index < -0.39 is 6.04 Å². The van der Waals surface area contributed by atoms with Gasteiger partial charge in [-0.15, -0.1) is 12.4 Å². The zero-order chi connectivity index (χ0) is 13.7. The van der Waals surface area contributed by atoms with E-state index in [4.69, 9.17) is 5.73 Å². The molecule has 1 heterocycles. The van der Waals surface area contributed by atoms with Crippen LogP contribution in [0.3, 0.4) is 0 Å². The summed E-state index contributed by atoms with van der Waals surface area (Å²) >= 11 is 0. The number of likely N-dealkylation sites (tertiary alicyclic amines) is 1. The molecule has 1 saturated carbocycles. The lowest BCUT2D eigenvalue weighted by molar-refractivity contribution is -0.123. The number of carbonyl (C=O) groups is 1. The molecule has 2 rings (SSSR count). The molecule has 2 fully saturated rings. The average Bonchev–Trinajstić information content (AvgIpc) is 2.46. The number of nitrogens with one attached hydrogen (secondary N) is 1. The lowest BCUT2D eigenvalue weighted by Gasteiger charge is -2.48. The maximum Gasteiger partial charge on any atom is 0.236 e. The molecule has 1 atom stereocenters. The average molecular weight is 304 g/mol. The second kappa shape index (κ2) is 8.20. The van der Waals surface area contributed by atoms with Crippen molar-refractivity contribution in [1.82, 2.24) is 10.2 Å². The normalized spacial score (nSPS) is 24.5. The third-order valence-corrected chi connectivity index (χ3v) is 4.82. The van der Waals surface area contributed by atoms with E-state index in [9.17, 15) is 4.79 Å². The van der Waals surface area contributed by atoms with Crippen molar-refractivity contribution in [1.29, 1.82) is 0 Å². The van der Waals surface area contributed by atoms with E-state index in [1.807, 2.05) is 0 Å². The summed E-state index contributed by atoms with van der Waals surface area (Å²) in [6.07, 6.45) is 10.4. The van der Waals surface area contributed by atoms with Crippen LogP contribution in [0.15, 0.2) is 0 Å². The predicted octanol–water partition coefficient (Wildman–Crippen LogP) is 2.06. The minimum Gasteiger partial charge on any atom is -0.353 e. The highest BCUT2D eigenvalue weighted by atomic mass is 35.5. The highest BCUT2D eigenvalue weighted by molar-refractivity contribution is 5.85. The summed E-state index contributed by atoms with van der Waals surface area (Å²) < 4.78 is 0. The summed E-state index contributed by atoms with van der Waals surface area (Å²) in [7, 11) is 0. The van der Waals surface area contributed by atoms with Gasteiger partial charge in [-0.05, 0) is 45.7 Å². The van der Waals surface area contributed by atoms with Gasteiger partial charge in [-0.25, -0.2) is 0 Å². The van der Waals surface area contributed by atoms with Gasteiger partial charge in [0.05, 0.1) is 6.04 Å². The molecule has 1 saturated heterocycles. The molecule has 0 spiro atoms. The fourth-order valence-corrected chi connectivity index (χ4v) is 3.60. The maximum atomic E-state index is 11.8. The van der Waals surface area contributed by atoms with E-state index in [-0.39, 0.29) is 23.9 Å². The first-order valence-electron chi connectivity index (χ1n) is 7.92. The fourth-order valence-electron chi connectivity index (χ4n) is 3.60. The molecule has 118 valence electrons. The molecule has 3 N–H and O–H groups in total. The van der Waals surface area contributed by atoms with Crippen LogP contribution in [0.25, 0.3) is 0 Å². The molecule has 0 bridgehead atoms. The van der Waals surface area contributed by atoms with Crippen LogP contribution >= 0.6 is 12.4 Å². The number of piperidine rings is 1. The van der Waals surface area contributed by atoms with Crippen LogP contribution in [-0.2, 0) is 4.79 Å². The standard InChI is InChI=1S/C15H29N3O.ClH/c1-13(16)14(19)17-12-15(8-4-2-5-9-15)18-10-6-3-7-11-18;/h13H,2-12,16H2,1H3,(H,17,19);1H/t13-;/m1./s1. The van der Waals surface area contributed by atoms with Crippen LogP contribution < -0.4 is 11.1 Å². The first-order chi connectivity index (χ1) is 9.14. The Labute approximate surface area is 129 Å². The van der Waals surface area contributed by atoms with Crippen molar-refractivity contribution in [2.45, 2.75) is 69.9 Å². The van der Waals surface area contributed by atoms with Gasteiger partial charge in [0.15, 0.2) is 0 Å². The van der Waals surface area contributed by atoms with Crippen molar-refractivity contribution in [2.24, 2.45) is 5.73 Å². The molecule has 0 aromatic carbocycles. The first kappa shape index (κ1) is 17.7. The number of nitrogens with two attached hydrogens (primary N) is 1. The van der Waals surface area contributed by atoms with Gasteiger partial charge >= 0.3 is 0 Å². The predicted molar refractivity (Wildman–Crippen MR) is 85.1 cm³/mol. The fraction of sp³-hybridized carbons (Fsp3) is 0.933. The van der Waals surface area contributed by atoms with Crippen molar-refractivity contribution in [3.63, 3.8) is 0 Å². The second-order valence-corrected chi connectivity index (χ2v) is 6.34. The Bertz CT molecular complexity index is 297. The van der Waals surface area contributed by atoms with E-state index in [1.54, 1.807) is 6.92 Å². The summed E-state index contributed by atoms with van der Waals surface area (Å²) in [6, 6.07) is -0.401. The Kier molecular flexibility index (Phi) is 7.27. The molecule has 1 amide bonds. The summed E-state index contributed by atoms with van der Waals surface area (Å²) in [6.45, 7) is 4.94. The lowest BCUT2D eigenvalue weighted by atomic mass is 9.79. The molecule has 0 aromatic rings. The van der Waals surface area contributed by atoms with Gasteiger partial charge in [0.25, 0.3) is 0 Å². The molecular formula is C15H30ClN3O. The van der Waals surface area contributed by atoms with Crippen molar-refractivity contribution >= 4 is 18.3 Å².